The summed E-state index contributed by atoms with van der Waals surface area (Å²) in [6.45, 7) is 12.2. The minimum Gasteiger partial charge on any atom is -0.392 e. The van der Waals surface area contributed by atoms with Gasteiger partial charge in [0.2, 0.25) is 0 Å². The van der Waals surface area contributed by atoms with E-state index in [0.29, 0.717) is 11.1 Å². The molecule has 1 amide bonds. The maximum absolute atomic E-state index is 13.7. The highest BCUT2D eigenvalue weighted by Gasteiger charge is 2.26. The van der Waals surface area contributed by atoms with Crippen molar-refractivity contribution >= 4 is 27.5 Å². The minimum absolute atomic E-state index is 0.0111. The van der Waals surface area contributed by atoms with Crippen LogP contribution in [0.4, 0.5) is 0 Å². The van der Waals surface area contributed by atoms with E-state index in [4.69, 9.17) is 0 Å². The van der Waals surface area contributed by atoms with Crippen molar-refractivity contribution in [2.24, 2.45) is 0 Å². The number of benzene rings is 3. The summed E-state index contributed by atoms with van der Waals surface area (Å²) in [5.74, 6) is -0.0111. The molecule has 27 heavy (non-hydrogen) atoms. The van der Waals surface area contributed by atoms with Crippen molar-refractivity contribution < 1.29 is 9.90 Å². The van der Waals surface area contributed by atoms with Crippen LogP contribution in [0.25, 0.3) is 21.5 Å². The van der Waals surface area contributed by atoms with Crippen molar-refractivity contribution in [1.29, 1.82) is 0 Å². The van der Waals surface area contributed by atoms with Crippen molar-refractivity contribution in [1.82, 2.24) is 4.90 Å². The van der Waals surface area contributed by atoms with Crippen molar-refractivity contribution in [3.8, 4) is 0 Å². The first-order valence-corrected chi connectivity index (χ1v) is 9.66. The molecule has 3 aromatic carbocycles. The number of aliphatic hydroxyl groups is 1. The summed E-state index contributed by atoms with van der Waals surface area (Å²) in [6.07, 6.45) is 0. The Labute approximate surface area is 161 Å². The highest BCUT2D eigenvalue weighted by atomic mass is 16.3. The molecule has 0 aliphatic rings. The molecule has 0 heterocycles. The van der Waals surface area contributed by atoms with E-state index in [1.807, 2.05) is 44.7 Å². The third-order valence-corrected chi connectivity index (χ3v) is 5.41. The van der Waals surface area contributed by atoms with Crippen LogP contribution in [0.1, 0.15) is 54.7 Å². The highest BCUT2D eigenvalue weighted by molar-refractivity contribution is 6.19. The molecule has 0 bridgehead atoms. The first kappa shape index (κ1) is 19.4. The van der Waals surface area contributed by atoms with Gasteiger partial charge in [0.1, 0.15) is 0 Å². The maximum Gasteiger partial charge on any atom is 0.255 e. The molecule has 0 unspecified atom stereocenters. The average molecular weight is 364 g/mol. The molecular weight excluding hydrogens is 334 g/mol. The summed E-state index contributed by atoms with van der Waals surface area (Å²) in [7, 11) is 0. The number of aryl methyl sites for hydroxylation is 2. The summed E-state index contributed by atoms with van der Waals surface area (Å²) < 4.78 is 0. The molecular formula is C24H29NO2. The summed E-state index contributed by atoms with van der Waals surface area (Å²) in [6, 6.07) is 12.5. The normalized spacial score (nSPS) is 11.7. The smallest absolute Gasteiger partial charge is 0.255 e. The predicted octanol–water partition coefficient (Wildman–Crippen LogP) is 5.36. The van der Waals surface area contributed by atoms with Gasteiger partial charge in [0, 0.05) is 17.5 Å². The Morgan fingerprint density at radius 1 is 0.889 bits per heavy atom. The average Bonchev–Trinajstić information content (AvgIpc) is 2.62. The van der Waals surface area contributed by atoms with Gasteiger partial charge in [-0.25, -0.2) is 0 Å². The highest BCUT2D eigenvalue weighted by Crippen LogP contribution is 2.35. The Kier molecular flexibility index (Phi) is 5.25. The second-order valence-corrected chi connectivity index (χ2v) is 7.94. The summed E-state index contributed by atoms with van der Waals surface area (Å²) in [4.78, 5) is 15.6. The van der Waals surface area contributed by atoms with Crippen molar-refractivity contribution in [3.63, 3.8) is 0 Å². The van der Waals surface area contributed by atoms with Gasteiger partial charge in [0.15, 0.2) is 0 Å². The lowest BCUT2D eigenvalue weighted by Crippen LogP contribution is -2.42. The zero-order valence-electron chi connectivity index (χ0n) is 17.1. The van der Waals surface area contributed by atoms with E-state index in [1.54, 1.807) is 0 Å². The van der Waals surface area contributed by atoms with Gasteiger partial charge in [-0.3, -0.25) is 4.79 Å². The van der Waals surface area contributed by atoms with Gasteiger partial charge in [-0.2, -0.15) is 0 Å². The molecule has 0 aliphatic carbocycles. The Morgan fingerprint density at radius 2 is 1.48 bits per heavy atom. The molecule has 3 aromatic rings. The molecule has 0 spiro atoms. The van der Waals surface area contributed by atoms with E-state index in [9.17, 15) is 9.90 Å². The van der Waals surface area contributed by atoms with Crippen LogP contribution in [0.5, 0.6) is 0 Å². The van der Waals surface area contributed by atoms with Crippen LogP contribution in [0.3, 0.4) is 0 Å². The molecule has 0 aliphatic heterocycles. The number of amides is 1. The van der Waals surface area contributed by atoms with E-state index in [1.165, 1.54) is 5.56 Å². The number of rotatable bonds is 4. The standard InChI is InChI=1S/C24H29NO2/c1-14(2)25(15(3)4)24(27)23-19(13-26)10-9-18-11-12-20-16(5)7-8-17(6)21(20)22(18)23/h7-12,14-15,26H,13H2,1-6H3. The van der Waals surface area contributed by atoms with E-state index in [2.05, 4.69) is 38.1 Å². The van der Waals surface area contributed by atoms with Gasteiger partial charge in [-0.1, -0.05) is 36.4 Å². The van der Waals surface area contributed by atoms with Gasteiger partial charge < -0.3 is 10.0 Å². The quantitative estimate of drug-likeness (QED) is 0.634. The second kappa shape index (κ2) is 7.32. The topological polar surface area (TPSA) is 40.5 Å². The van der Waals surface area contributed by atoms with Gasteiger partial charge in [0.05, 0.1) is 12.2 Å². The molecule has 0 saturated heterocycles. The third-order valence-electron chi connectivity index (χ3n) is 5.41. The molecule has 1 N–H and O–H groups in total. The lowest BCUT2D eigenvalue weighted by atomic mass is 9.89. The fourth-order valence-corrected chi connectivity index (χ4v) is 4.19. The fourth-order valence-electron chi connectivity index (χ4n) is 4.19. The van der Waals surface area contributed by atoms with E-state index in [0.717, 1.165) is 27.1 Å². The van der Waals surface area contributed by atoms with E-state index >= 15 is 0 Å². The molecule has 0 aromatic heterocycles. The van der Waals surface area contributed by atoms with Crippen molar-refractivity contribution in [2.75, 3.05) is 0 Å². The van der Waals surface area contributed by atoms with Crippen LogP contribution >= 0.6 is 0 Å². The molecule has 0 saturated carbocycles. The Bertz CT molecular complexity index is 1010. The predicted molar refractivity (Wildman–Crippen MR) is 113 cm³/mol. The van der Waals surface area contributed by atoms with Crippen LogP contribution in [0.15, 0.2) is 36.4 Å². The van der Waals surface area contributed by atoms with Crippen LogP contribution < -0.4 is 0 Å². The SMILES string of the molecule is Cc1ccc(C)c2c1ccc1ccc(CO)c(C(=O)N(C(C)C)C(C)C)c12. The van der Waals surface area contributed by atoms with Crippen molar-refractivity contribution in [3.05, 3.63) is 58.7 Å². The molecule has 3 rings (SSSR count). The Balaban J connectivity index is 2.48. The summed E-state index contributed by atoms with van der Waals surface area (Å²) >= 11 is 0. The van der Waals surface area contributed by atoms with Gasteiger partial charge in [-0.15, -0.1) is 0 Å². The monoisotopic (exact) mass is 363 g/mol. The fraction of sp³-hybridized carbons (Fsp3) is 0.375. The molecule has 142 valence electrons. The van der Waals surface area contributed by atoms with Gasteiger partial charge in [-0.05, 0) is 74.4 Å². The number of carbonyl (C=O) groups excluding carboxylic acids is 1. The van der Waals surface area contributed by atoms with Crippen LogP contribution in [-0.4, -0.2) is 28.0 Å². The van der Waals surface area contributed by atoms with E-state index in [-0.39, 0.29) is 24.6 Å². The minimum atomic E-state index is -0.151. The maximum atomic E-state index is 13.7. The number of carbonyl (C=O) groups is 1. The van der Waals surface area contributed by atoms with Crippen molar-refractivity contribution in [2.45, 2.75) is 60.2 Å². The molecule has 0 radical (unpaired) electrons. The largest absolute Gasteiger partial charge is 0.392 e. The first-order chi connectivity index (χ1) is 12.8. The lowest BCUT2D eigenvalue weighted by Gasteiger charge is -2.32. The van der Waals surface area contributed by atoms with Gasteiger partial charge in [0.25, 0.3) is 5.91 Å². The number of aliphatic hydroxyl groups excluding tert-OH is 1. The Hall–Kier alpha value is -2.39. The summed E-state index contributed by atoms with van der Waals surface area (Å²) in [5.41, 5.74) is 3.66. The second-order valence-electron chi connectivity index (χ2n) is 7.94. The number of fused-ring (bicyclic) bond motifs is 3. The summed E-state index contributed by atoms with van der Waals surface area (Å²) in [5, 5.41) is 14.3. The van der Waals surface area contributed by atoms with Crippen LogP contribution in [0, 0.1) is 13.8 Å². The van der Waals surface area contributed by atoms with Gasteiger partial charge >= 0.3 is 0 Å². The number of hydrogen-bond acceptors (Lipinski definition) is 2. The zero-order valence-corrected chi connectivity index (χ0v) is 17.1. The molecule has 0 atom stereocenters. The first-order valence-electron chi connectivity index (χ1n) is 9.66. The number of hydrogen-bond donors (Lipinski definition) is 1. The molecule has 3 nitrogen and oxygen atoms in total. The number of nitrogens with zero attached hydrogens (tertiary/aromatic N) is 1. The molecule has 0 fully saturated rings. The van der Waals surface area contributed by atoms with E-state index < -0.39 is 0 Å². The van der Waals surface area contributed by atoms with Crippen LogP contribution in [-0.2, 0) is 6.61 Å². The lowest BCUT2D eigenvalue weighted by molar-refractivity contribution is 0.0642. The zero-order chi connectivity index (χ0) is 19.9. The molecule has 3 heteroatoms. The Morgan fingerprint density at radius 3 is 2.07 bits per heavy atom. The third kappa shape index (κ3) is 3.21. The van der Waals surface area contributed by atoms with Crippen LogP contribution in [0.2, 0.25) is 0 Å².